The summed E-state index contributed by atoms with van der Waals surface area (Å²) in [5.41, 5.74) is 0.842. The van der Waals surface area contributed by atoms with Crippen LogP contribution in [0.25, 0.3) is 5.69 Å². The van der Waals surface area contributed by atoms with E-state index < -0.39 is 0 Å². The molecular formula is C13H16N4O2S. The summed E-state index contributed by atoms with van der Waals surface area (Å²) >= 11 is 1.61. The van der Waals surface area contributed by atoms with Crippen LogP contribution < -0.4 is 4.74 Å². The molecule has 0 aliphatic carbocycles. The summed E-state index contributed by atoms with van der Waals surface area (Å²) in [6.45, 7) is 0.864. The van der Waals surface area contributed by atoms with Crippen LogP contribution in [-0.2, 0) is 4.74 Å². The van der Waals surface area contributed by atoms with Gasteiger partial charge in [0, 0.05) is 12.4 Å². The van der Waals surface area contributed by atoms with Crippen molar-refractivity contribution < 1.29 is 9.47 Å². The van der Waals surface area contributed by atoms with E-state index in [1.807, 2.05) is 24.3 Å². The fourth-order valence-corrected chi connectivity index (χ4v) is 3.12. The second-order valence-electron chi connectivity index (χ2n) is 4.49. The van der Waals surface area contributed by atoms with E-state index in [1.165, 1.54) is 0 Å². The molecule has 0 saturated carbocycles. The molecule has 106 valence electrons. The van der Waals surface area contributed by atoms with Crippen molar-refractivity contribution in [3.63, 3.8) is 0 Å². The molecule has 1 aliphatic rings. The van der Waals surface area contributed by atoms with Gasteiger partial charge in [-0.2, -0.15) is 4.68 Å². The van der Waals surface area contributed by atoms with E-state index >= 15 is 0 Å². The topological polar surface area (TPSA) is 62.1 Å². The first-order valence-electron chi connectivity index (χ1n) is 6.54. The van der Waals surface area contributed by atoms with E-state index in [-0.39, 0.29) is 0 Å². The Bertz CT molecular complexity index is 569. The quantitative estimate of drug-likeness (QED) is 0.785. The smallest absolute Gasteiger partial charge is 0.214 e. The molecule has 1 saturated heterocycles. The van der Waals surface area contributed by atoms with Crippen LogP contribution >= 0.6 is 11.8 Å². The SMILES string of the molecule is COc1ccccc1-n1nnnc1SC[C@@H]1CCCO1. The molecule has 1 fully saturated rings. The number of aromatic nitrogens is 4. The van der Waals surface area contributed by atoms with E-state index in [1.54, 1.807) is 23.6 Å². The molecule has 0 spiro atoms. The van der Waals surface area contributed by atoms with Crippen molar-refractivity contribution in [1.29, 1.82) is 0 Å². The average molecular weight is 292 g/mol. The molecule has 2 aromatic rings. The van der Waals surface area contributed by atoms with E-state index in [0.29, 0.717) is 6.10 Å². The van der Waals surface area contributed by atoms with Gasteiger partial charge in [-0.3, -0.25) is 0 Å². The summed E-state index contributed by atoms with van der Waals surface area (Å²) in [6.07, 6.45) is 2.56. The molecule has 7 heteroatoms. The molecule has 1 aromatic carbocycles. The summed E-state index contributed by atoms with van der Waals surface area (Å²) in [4.78, 5) is 0. The molecule has 0 unspecified atom stereocenters. The molecule has 1 aromatic heterocycles. The number of para-hydroxylation sites is 2. The number of ether oxygens (including phenoxy) is 2. The average Bonchev–Trinajstić information content (AvgIpc) is 3.16. The van der Waals surface area contributed by atoms with Crippen LogP contribution in [-0.4, -0.2) is 45.8 Å². The Morgan fingerprint density at radius 1 is 1.45 bits per heavy atom. The second kappa shape index (κ2) is 6.23. The number of rotatable bonds is 5. The zero-order chi connectivity index (χ0) is 13.8. The van der Waals surface area contributed by atoms with Crippen LogP contribution in [0.2, 0.25) is 0 Å². The molecule has 0 bridgehead atoms. The predicted molar refractivity (Wildman–Crippen MR) is 75.4 cm³/mol. The highest BCUT2D eigenvalue weighted by Gasteiger charge is 2.19. The van der Waals surface area contributed by atoms with Gasteiger partial charge in [-0.1, -0.05) is 23.9 Å². The summed E-state index contributed by atoms with van der Waals surface area (Å²) in [5.74, 6) is 1.62. The predicted octanol–water partition coefficient (Wildman–Crippen LogP) is 1.94. The maximum atomic E-state index is 5.62. The minimum atomic E-state index is 0.308. The molecule has 3 rings (SSSR count). The molecule has 0 N–H and O–H groups in total. The molecule has 0 radical (unpaired) electrons. The van der Waals surface area contributed by atoms with Gasteiger partial charge in [0.25, 0.3) is 0 Å². The van der Waals surface area contributed by atoms with Gasteiger partial charge in [-0.25, -0.2) is 0 Å². The molecule has 0 amide bonds. The first kappa shape index (κ1) is 13.4. The zero-order valence-electron chi connectivity index (χ0n) is 11.2. The third-order valence-corrected chi connectivity index (χ3v) is 4.23. The first-order valence-corrected chi connectivity index (χ1v) is 7.53. The standard InChI is InChI=1S/C13H16N4O2S/c1-18-12-7-3-2-6-11(12)17-13(14-15-16-17)20-9-10-5-4-8-19-10/h2-3,6-7,10H,4-5,8-9H2,1H3/t10-/m0/s1. The Morgan fingerprint density at radius 2 is 2.35 bits per heavy atom. The maximum absolute atomic E-state index is 5.62. The van der Waals surface area contributed by atoms with Crippen LogP contribution in [0.3, 0.4) is 0 Å². The van der Waals surface area contributed by atoms with Crippen molar-refractivity contribution in [2.75, 3.05) is 19.5 Å². The molecule has 1 atom stereocenters. The van der Waals surface area contributed by atoms with Crippen LogP contribution in [0, 0.1) is 0 Å². The molecule has 1 aliphatic heterocycles. The van der Waals surface area contributed by atoms with E-state index in [4.69, 9.17) is 9.47 Å². The number of methoxy groups -OCH3 is 1. The lowest BCUT2D eigenvalue weighted by Gasteiger charge is -2.10. The lowest BCUT2D eigenvalue weighted by atomic mass is 10.3. The van der Waals surface area contributed by atoms with Gasteiger partial charge >= 0.3 is 0 Å². The third-order valence-electron chi connectivity index (χ3n) is 3.18. The van der Waals surface area contributed by atoms with Gasteiger partial charge < -0.3 is 9.47 Å². The highest BCUT2D eigenvalue weighted by Crippen LogP contribution is 2.27. The Balaban J connectivity index is 1.78. The van der Waals surface area contributed by atoms with Crippen molar-refractivity contribution in [3.8, 4) is 11.4 Å². The molecule has 20 heavy (non-hydrogen) atoms. The van der Waals surface area contributed by atoms with Gasteiger partial charge in [0.2, 0.25) is 5.16 Å². The number of hydrogen-bond acceptors (Lipinski definition) is 6. The highest BCUT2D eigenvalue weighted by molar-refractivity contribution is 7.99. The monoisotopic (exact) mass is 292 g/mol. The Morgan fingerprint density at radius 3 is 3.15 bits per heavy atom. The Labute approximate surface area is 121 Å². The molecular weight excluding hydrogens is 276 g/mol. The number of thioether (sulfide) groups is 1. The van der Waals surface area contributed by atoms with E-state index in [2.05, 4.69) is 15.5 Å². The highest BCUT2D eigenvalue weighted by atomic mass is 32.2. The van der Waals surface area contributed by atoms with Crippen molar-refractivity contribution in [3.05, 3.63) is 24.3 Å². The van der Waals surface area contributed by atoms with Gasteiger partial charge in [-0.15, -0.1) is 5.10 Å². The summed E-state index contributed by atoms with van der Waals surface area (Å²) in [5, 5.41) is 12.7. The number of nitrogens with zero attached hydrogens (tertiary/aromatic N) is 4. The zero-order valence-corrected chi connectivity index (χ0v) is 12.0. The summed E-state index contributed by atoms with van der Waals surface area (Å²) in [6, 6.07) is 7.69. The molecule has 2 heterocycles. The number of hydrogen-bond donors (Lipinski definition) is 0. The largest absolute Gasteiger partial charge is 0.494 e. The lowest BCUT2D eigenvalue weighted by Crippen LogP contribution is -2.09. The minimum Gasteiger partial charge on any atom is -0.494 e. The van der Waals surface area contributed by atoms with Gasteiger partial charge in [0.1, 0.15) is 11.4 Å². The molecule has 6 nitrogen and oxygen atoms in total. The van der Waals surface area contributed by atoms with Gasteiger partial charge in [0.05, 0.1) is 13.2 Å². The fraction of sp³-hybridized carbons (Fsp3) is 0.462. The van der Waals surface area contributed by atoms with Crippen LogP contribution in [0.4, 0.5) is 0 Å². The fourth-order valence-electron chi connectivity index (χ4n) is 2.17. The number of tetrazole rings is 1. The van der Waals surface area contributed by atoms with Crippen molar-refractivity contribution in [2.24, 2.45) is 0 Å². The van der Waals surface area contributed by atoms with Gasteiger partial charge in [-0.05, 0) is 35.4 Å². The van der Waals surface area contributed by atoms with Crippen LogP contribution in [0.1, 0.15) is 12.8 Å². The Hall–Kier alpha value is -1.60. The minimum absolute atomic E-state index is 0.308. The van der Waals surface area contributed by atoms with Crippen molar-refractivity contribution in [2.45, 2.75) is 24.1 Å². The summed E-state index contributed by atoms with van der Waals surface area (Å²) < 4.78 is 12.7. The Kier molecular flexibility index (Phi) is 4.17. The van der Waals surface area contributed by atoms with Crippen molar-refractivity contribution in [1.82, 2.24) is 20.2 Å². The van der Waals surface area contributed by atoms with E-state index in [0.717, 1.165) is 41.8 Å². The number of benzene rings is 1. The lowest BCUT2D eigenvalue weighted by molar-refractivity contribution is 0.129. The normalized spacial score (nSPS) is 18.4. The van der Waals surface area contributed by atoms with Crippen LogP contribution in [0.15, 0.2) is 29.4 Å². The third kappa shape index (κ3) is 2.78. The second-order valence-corrected chi connectivity index (χ2v) is 5.48. The first-order chi connectivity index (χ1) is 9.88. The summed E-state index contributed by atoms with van der Waals surface area (Å²) in [7, 11) is 1.64. The van der Waals surface area contributed by atoms with Crippen LogP contribution in [0.5, 0.6) is 5.75 Å². The van der Waals surface area contributed by atoms with Gasteiger partial charge in [0.15, 0.2) is 0 Å². The maximum Gasteiger partial charge on any atom is 0.214 e. The van der Waals surface area contributed by atoms with Crippen molar-refractivity contribution >= 4 is 11.8 Å². The van der Waals surface area contributed by atoms with E-state index in [9.17, 15) is 0 Å².